The number of fused-ring (bicyclic) bond motifs is 1. The Labute approximate surface area is 117 Å². The van der Waals surface area contributed by atoms with Crippen molar-refractivity contribution in [1.29, 1.82) is 0 Å². The summed E-state index contributed by atoms with van der Waals surface area (Å²) in [6.07, 6.45) is 2.61. The molecule has 4 heteroatoms. The van der Waals surface area contributed by atoms with E-state index in [-0.39, 0.29) is 11.4 Å². The van der Waals surface area contributed by atoms with Crippen LogP contribution in [-0.4, -0.2) is 44.7 Å². The van der Waals surface area contributed by atoms with E-state index in [1.54, 1.807) is 0 Å². The molecule has 0 spiro atoms. The topological polar surface area (TPSA) is 40.5 Å². The molecule has 4 atom stereocenters. The molecule has 104 valence electrons. The number of aryl methyl sites for hydroxylation is 1. The van der Waals surface area contributed by atoms with Crippen LogP contribution in [0.25, 0.3) is 0 Å². The second kappa shape index (κ2) is 5.35. The monoisotopic (exact) mass is 279 g/mol. The third-order valence-corrected chi connectivity index (χ3v) is 6.04. The van der Waals surface area contributed by atoms with E-state index in [9.17, 15) is 9.32 Å². The van der Waals surface area contributed by atoms with Crippen molar-refractivity contribution in [1.82, 2.24) is 4.90 Å². The fraction of sp³-hybridized carbons (Fsp3) is 0.600. The number of piperidine rings is 1. The second-order valence-electron chi connectivity index (χ2n) is 5.74. The molecule has 2 aliphatic rings. The molecule has 3 nitrogen and oxygen atoms in total. The molecule has 0 radical (unpaired) electrons. The minimum atomic E-state index is -1.01. The summed E-state index contributed by atoms with van der Waals surface area (Å²) in [5, 5.41) is 10.3. The maximum atomic E-state index is 12.6. The molecule has 0 aromatic heterocycles. The van der Waals surface area contributed by atoms with Crippen LogP contribution in [0.5, 0.6) is 0 Å². The highest BCUT2D eigenvalue weighted by molar-refractivity contribution is 7.85. The Kier molecular flexibility index (Phi) is 3.74. The van der Waals surface area contributed by atoms with Gasteiger partial charge < -0.3 is 5.11 Å². The Hall–Kier alpha value is -0.710. The van der Waals surface area contributed by atoms with E-state index in [2.05, 4.69) is 4.90 Å². The molecule has 0 amide bonds. The first-order chi connectivity index (χ1) is 9.15. The highest BCUT2D eigenvalue weighted by Gasteiger charge is 2.39. The van der Waals surface area contributed by atoms with Crippen molar-refractivity contribution in [3.8, 4) is 0 Å². The zero-order chi connectivity index (χ0) is 13.4. The summed E-state index contributed by atoms with van der Waals surface area (Å²) in [4.78, 5) is 3.21. The standard InChI is InChI=1S/C15H21NO2S/c1-11-4-6-12(7-5-11)19(18)13-9-15(17)14-3-2-8-16(14)10-13/h4-7,13-15,17H,2-3,8-10H2,1H3/t13-,14-,15+,19-/m0/s1. The zero-order valence-electron chi connectivity index (χ0n) is 11.3. The number of aliphatic hydroxyl groups excluding tert-OH is 1. The number of hydrogen-bond acceptors (Lipinski definition) is 3. The summed E-state index contributed by atoms with van der Waals surface area (Å²) in [6, 6.07) is 8.23. The summed E-state index contributed by atoms with van der Waals surface area (Å²) in [6.45, 7) is 3.94. The lowest BCUT2D eigenvalue weighted by Crippen LogP contribution is -2.51. The molecule has 1 N–H and O–H groups in total. The fourth-order valence-corrected chi connectivity index (χ4v) is 4.78. The van der Waals surface area contributed by atoms with Gasteiger partial charge >= 0.3 is 0 Å². The van der Waals surface area contributed by atoms with Gasteiger partial charge in [0.1, 0.15) is 0 Å². The molecule has 19 heavy (non-hydrogen) atoms. The highest BCUT2D eigenvalue weighted by Crippen LogP contribution is 2.30. The first kappa shape index (κ1) is 13.3. The Morgan fingerprint density at radius 1 is 1.32 bits per heavy atom. The van der Waals surface area contributed by atoms with Gasteiger partial charge in [-0.2, -0.15) is 0 Å². The third kappa shape index (κ3) is 2.62. The van der Waals surface area contributed by atoms with Gasteiger partial charge in [-0.05, 0) is 44.9 Å². The van der Waals surface area contributed by atoms with E-state index >= 15 is 0 Å². The largest absolute Gasteiger partial charge is 0.391 e. The predicted molar refractivity (Wildman–Crippen MR) is 76.6 cm³/mol. The van der Waals surface area contributed by atoms with Crippen molar-refractivity contribution in [3.05, 3.63) is 29.8 Å². The summed E-state index contributed by atoms with van der Waals surface area (Å²) < 4.78 is 12.6. The molecule has 1 aromatic rings. The van der Waals surface area contributed by atoms with Gasteiger partial charge in [-0.15, -0.1) is 0 Å². The van der Waals surface area contributed by atoms with Gasteiger partial charge in [0.15, 0.2) is 0 Å². The lowest BCUT2D eigenvalue weighted by atomic mass is 9.99. The lowest BCUT2D eigenvalue weighted by molar-refractivity contribution is 0.0368. The van der Waals surface area contributed by atoms with Crippen LogP contribution in [0.1, 0.15) is 24.8 Å². The van der Waals surface area contributed by atoms with Crippen molar-refractivity contribution in [2.45, 2.75) is 48.5 Å². The number of aliphatic hydroxyl groups is 1. The van der Waals surface area contributed by atoms with E-state index in [0.717, 1.165) is 30.8 Å². The smallest absolute Gasteiger partial charge is 0.0707 e. The van der Waals surface area contributed by atoms with Crippen molar-refractivity contribution in [3.63, 3.8) is 0 Å². The van der Waals surface area contributed by atoms with Crippen LogP contribution in [-0.2, 0) is 10.8 Å². The van der Waals surface area contributed by atoms with Gasteiger partial charge in [0, 0.05) is 17.5 Å². The van der Waals surface area contributed by atoms with Crippen molar-refractivity contribution in [2.75, 3.05) is 13.1 Å². The van der Waals surface area contributed by atoms with Crippen molar-refractivity contribution < 1.29 is 9.32 Å². The maximum Gasteiger partial charge on any atom is 0.0707 e. The van der Waals surface area contributed by atoms with Crippen LogP contribution in [0.2, 0.25) is 0 Å². The van der Waals surface area contributed by atoms with E-state index < -0.39 is 10.8 Å². The Morgan fingerprint density at radius 2 is 2.05 bits per heavy atom. The van der Waals surface area contributed by atoms with Crippen LogP contribution in [0.4, 0.5) is 0 Å². The predicted octanol–water partition coefficient (Wildman–Crippen LogP) is 1.70. The van der Waals surface area contributed by atoms with Gasteiger partial charge in [-0.25, -0.2) is 0 Å². The molecule has 0 aliphatic carbocycles. The maximum absolute atomic E-state index is 12.6. The molecular weight excluding hydrogens is 258 g/mol. The van der Waals surface area contributed by atoms with E-state index in [0.29, 0.717) is 12.5 Å². The molecule has 2 aliphatic heterocycles. The molecule has 0 bridgehead atoms. The Morgan fingerprint density at radius 3 is 2.79 bits per heavy atom. The van der Waals surface area contributed by atoms with E-state index in [1.807, 2.05) is 31.2 Å². The third-order valence-electron chi connectivity index (χ3n) is 4.36. The lowest BCUT2D eigenvalue weighted by Gasteiger charge is -2.38. The zero-order valence-corrected chi connectivity index (χ0v) is 12.1. The number of benzene rings is 1. The van der Waals surface area contributed by atoms with Gasteiger partial charge in [-0.3, -0.25) is 9.11 Å². The minimum Gasteiger partial charge on any atom is -0.391 e. The van der Waals surface area contributed by atoms with Crippen LogP contribution in [0.15, 0.2) is 29.2 Å². The molecule has 3 rings (SSSR count). The number of nitrogens with zero attached hydrogens (tertiary/aromatic N) is 1. The molecule has 0 unspecified atom stereocenters. The highest BCUT2D eigenvalue weighted by atomic mass is 32.2. The summed E-state index contributed by atoms with van der Waals surface area (Å²) in [5.74, 6) is 0. The molecule has 1 aromatic carbocycles. The first-order valence-corrected chi connectivity index (χ1v) is 8.26. The van der Waals surface area contributed by atoms with Crippen molar-refractivity contribution >= 4 is 10.8 Å². The second-order valence-corrected chi connectivity index (χ2v) is 7.47. The van der Waals surface area contributed by atoms with Gasteiger partial charge in [-0.1, -0.05) is 17.7 Å². The van der Waals surface area contributed by atoms with E-state index in [1.165, 1.54) is 5.56 Å². The molecule has 2 fully saturated rings. The van der Waals surface area contributed by atoms with Crippen LogP contribution >= 0.6 is 0 Å². The molecule has 2 saturated heterocycles. The Balaban J connectivity index is 1.75. The van der Waals surface area contributed by atoms with Crippen LogP contribution < -0.4 is 0 Å². The molecule has 0 saturated carbocycles. The quantitative estimate of drug-likeness (QED) is 0.896. The molecule has 2 heterocycles. The average molecular weight is 279 g/mol. The van der Waals surface area contributed by atoms with Gasteiger partial charge in [0.05, 0.1) is 22.2 Å². The number of hydrogen-bond donors (Lipinski definition) is 1. The minimum absolute atomic E-state index is 0.0621. The average Bonchev–Trinajstić information content (AvgIpc) is 2.87. The summed E-state index contributed by atoms with van der Waals surface area (Å²) in [5.41, 5.74) is 1.18. The van der Waals surface area contributed by atoms with Crippen LogP contribution in [0.3, 0.4) is 0 Å². The van der Waals surface area contributed by atoms with E-state index in [4.69, 9.17) is 0 Å². The van der Waals surface area contributed by atoms with Gasteiger partial charge in [0.25, 0.3) is 0 Å². The SMILES string of the molecule is Cc1ccc([S@](=O)[C@H]2C[C@@H](O)[C@@H]3CCCN3C2)cc1. The van der Waals surface area contributed by atoms with Crippen molar-refractivity contribution in [2.24, 2.45) is 0 Å². The van der Waals surface area contributed by atoms with Crippen LogP contribution in [0, 0.1) is 6.92 Å². The summed E-state index contributed by atoms with van der Waals surface area (Å²) in [7, 11) is -1.01. The Bertz CT molecular complexity index is 474. The fourth-order valence-electron chi connectivity index (χ4n) is 3.30. The van der Waals surface area contributed by atoms with Gasteiger partial charge in [0.2, 0.25) is 0 Å². The number of rotatable bonds is 2. The molecular formula is C15H21NO2S. The first-order valence-electron chi connectivity index (χ1n) is 7.04. The normalized spacial score (nSPS) is 33.1. The summed E-state index contributed by atoms with van der Waals surface area (Å²) >= 11 is 0.